The molecule has 1 aliphatic heterocycles. The zero-order valence-electron chi connectivity index (χ0n) is 10.0. The summed E-state index contributed by atoms with van der Waals surface area (Å²) >= 11 is 5.34. The van der Waals surface area contributed by atoms with Gasteiger partial charge in [0.15, 0.2) is 5.11 Å². The molecule has 1 saturated heterocycles. The van der Waals surface area contributed by atoms with Crippen molar-refractivity contribution in [3.05, 3.63) is 0 Å². The van der Waals surface area contributed by atoms with Crippen LogP contribution in [0.15, 0.2) is 0 Å². The zero-order valence-corrected chi connectivity index (χ0v) is 10.8. The van der Waals surface area contributed by atoms with Crippen molar-refractivity contribution in [1.82, 2.24) is 10.2 Å². The van der Waals surface area contributed by atoms with E-state index in [0.29, 0.717) is 17.6 Å². The van der Waals surface area contributed by atoms with Gasteiger partial charge < -0.3 is 15.3 Å². The molecule has 1 aliphatic carbocycles. The van der Waals surface area contributed by atoms with Crippen molar-refractivity contribution < 1.29 is 9.90 Å². The summed E-state index contributed by atoms with van der Waals surface area (Å²) in [6.45, 7) is 0.773. The second-order valence-electron chi connectivity index (χ2n) is 4.97. The molecular formula is C12H20N2O2S. The molecule has 1 saturated carbocycles. The molecule has 0 aromatic heterocycles. The van der Waals surface area contributed by atoms with E-state index in [-0.39, 0.29) is 0 Å². The van der Waals surface area contributed by atoms with Gasteiger partial charge in [-0.15, -0.1) is 0 Å². The summed E-state index contributed by atoms with van der Waals surface area (Å²) in [5.74, 6) is -0.754. The Morgan fingerprint density at radius 1 is 1.18 bits per heavy atom. The van der Waals surface area contributed by atoms with Crippen molar-refractivity contribution in [2.24, 2.45) is 0 Å². The summed E-state index contributed by atoms with van der Waals surface area (Å²) in [5.41, 5.74) is 0. The van der Waals surface area contributed by atoms with Crippen molar-refractivity contribution >= 4 is 23.3 Å². The Bertz CT molecular complexity index is 303. The van der Waals surface area contributed by atoms with Crippen LogP contribution < -0.4 is 5.32 Å². The minimum atomic E-state index is -0.754. The third-order valence-electron chi connectivity index (χ3n) is 3.73. The Morgan fingerprint density at radius 3 is 2.53 bits per heavy atom. The smallest absolute Gasteiger partial charge is 0.326 e. The van der Waals surface area contributed by atoms with Gasteiger partial charge in [0.2, 0.25) is 0 Å². The molecule has 2 N–H and O–H groups in total. The molecule has 0 unspecified atom stereocenters. The van der Waals surface area contributed by atoms with E-state index < -0.39 is 12.0 Å². The summed E-state index contributed by atoms with van der Waals surface area (Å²) in [6.07, 6.45) is 7.76. The molecule has 2 rings (SSSR count). The SMILES string of the molecule is O=C(O)[C@@H]1CCCN1C(=S)NC1CCCCC1. The van der Waals surface area contributed by atoms with E-state index in [0.717, 1.165) is 25.8 Å². The first-order valence-corrected chi connectivity index (χ1v) is 6.89. The first kappa shape index (κ1) is 12.6. The summed E-state index contributed by atoms with van der Waals surface area (Å²) < 4.78 is 0. The maximum absolute atomic E-state index is 11.1. The van der Waals surface area contributed by atoms with Gasteiger partial charge >= 0.3 is 5.97 Å². The van der Waals surface area contributed by atoms with Crippen LogP contribution in [0.2, 0.25) is 0 Å². The third-order valence-corrected chi connectivity index (χ3v) is 4.08. The predicted molar refractivity (Wildman–Crippen MR) is 70.0 cm³/mol. The van der Waals surface area contributed by atoms with Crippen LogP contribution in [0.1, 0.15) is 44.9 Å². The summed E-state index contributed by atoms with van der Waals surface area (Å²) in [7, 11) is 0. The van der Waals surface area contributed by atoms with Crippen LogP contribution in [0.25, 0.3) is 0 Å². The van der Waals surface area contributed by atoms with Gasteiger partial charge in [-0.3, -0.25) is 0 Å². The Labute approximate surface area is 107 Å². The van der Waals surface area contributed by atoms with Crippen molar-refractivity contribution in [1.29, 1.82) is 0 Å². The third kappa shape index (κ3) is 3.09. The number of nitrogens with one attached hydrogen (secondary N) is 1. The predicted octanol–water partition coefficient (Wildman–Crippen LogP) is 1.74. The van der Waals surface area contributed by atoms with Gasteiger partial charge in [-0.25, -0.2) is 4.79 Å². The Kier molecular flexibility index (Phi) is 4.20. The molecule has 0 aromatic rings. The lowest BCUT2D eigenvalue weighted by Gasteiger charge is -2.30. The quantitative estimate of drug-likeness (QED) is 0.737. The highest BCUT2D eigenvalue weighted by molar-refractivity contribution is 7.80. The molecule has 96 valence electrons. The minimum absolute atomic E-state index is 0.418. The van der Waals surface area contributed by atoms with Gasteiger partial charge in [0.05, 0.1) is 0 Å². The van der Waals surface area contributed by atoms with E-state index in [4.69, 9.17) is 17.3 Å². The number of carboxylic acids is 1. The zero-order chi connectivity index (χ0) is 12.3. The van der Waals surface area contributed by atoms with E-state index >= 15 is 0 Å². The Morgan fingerprint density at radius 2 is 1.88 bits per heavy atom. The lowest BCUT2D eigenvalue weighted by molar-refractivity contribution is -0.140. The second kappa shape index (κ2) is 5.67. The Balaban J connectivity index is 1.88. The first-order chi connectivity index (χ1) is 8.18. The van der Waals surface area contributed by atoms with Gasteiger partial charge in [-0.2, -0.15) is 0 Å². The average molecular weight is 256 g/mol. The molecule has 2 aliphatic rings. The lowest BCUT2D eigenvalue weighted by atomic mass is 9.96. The standard InChI is InChI=1S/C12H20N2O2S/c15-11(16)10-7-4-8-14(10)12(17)13-9-5-2-1-3-6-9/h9-10H,1-8H2,(H,13,17)(H,15,16)/t10-/m0/s1. The monoisotopic (exact) mass is 256 g/mol. The van der Waals surface area contributed by atoms with E-state index in [2.05, 4.69) is 5.32 Å². The normalized spacial score (nSPS) is 25.9. The molecule has 0 aromatic carbocycles. The largest absolute Gasteiger partial charge is 0.480 e. The van der Waals surface area contributed by atoms with E-state index in [9.17, 15) is 4.79 Å². The second-order valence-corrected chi connectivity index (χ2v) is 5.36. The van der Waals surface area contributed by atoms with Crippen molar-refractivity contribution in [2.75, 3.05) is 6.54 Å². The highest BCUT2D eigenvalue weighted by Gasteiger charge is 2.32. The van der Waals surface area contributed by atoms with Crippen LogP contribution in [0, 0.1) is 0 Å². The van der Waals surface area contributed by atoms with Crippen LogP contribution in [-0.2, 0) is 4.79 Å². The number of thiocarbonyl (C=S) groups is 1. The molecule has 2 fully saturated rings. The number of hydrogen-bond donors (Lipinski definition) is 2. The van der Waals surface area contributed by atoms with Crippen molar-refractivity contribution in [3.63, 3.8) is 0 Å². The van der Waals surface area contributed by atoms with Gasteiger partial charge in [0, 0.05) is 12.6 Å². The fourth-order valence-corrected chi connectivity index (χ4v) is 3.16. The fourth-order valence-electron chi connectivity index (χ4n) is 2.77. The van der Waals surface area contributed by atoms with Crippen molar-refractivity contribution in [3.8, 4) is 0 Å². The molecule has 0 bridgehead atoms. The topological polar surface area (TPSA) is 52.6 Å². The number of likely N-dealkylation sites (tertiary alicyclic amines) is 1. The number of rotatable bonds is 2. The molecular weight excluding hydrogens is 236 g/mol. The number of hydrogen-bond acceptors (Lipinski definition) is 2. The number of aliphatic carboxylic acids is 1. The average Bonchev–Trinajstić information content (AvgIpc) is 2.79. The maximum Gasteiger partial charge on any atom is 0.326 e. The number of carbonyl (C=O) groups is 1. The van der Waals surface area contributed by atoms with Gasteiger partial charge in [-0.05, 0) is 37.9 Å². The number of nitrogens with zero attached hydrogens (tertiary/aromatic N) is 1. The highest BCUT2D eigenvalue weighted by Crippen LogP contribution is 2.20. The molecule has 17 heavy (non-hydrogen) atoms. The summed E-state index contributed by atoms with van der Waals surface area (Å²) in [5, 5.41) is 13.1. The van der Waals surface area contributed by atoms with Crippen LogP contribution in [-0.4, -0.2) is 39.7 Å². The molecule has 5 heteroatoms. The van der Waals surface area contributed by atoms with Crippen LogP contribution in [0.3, 0.4) is 0 Å². The maximum atomic E-state index is 11.1. The fraction of sp³-hybridized carbons (Fsp3) is 0.833. The molecule has 1 heterocycles. The summed E-state index contributed by atoms with van der Waals surface area (Å²) in [4.78, 5) is 12.9. The first-order valence-electron chi connectivity index (χ1n) is 6.48. The molecule has 1 atom stereocenters. The van der Waals surface area contributed by atoms with E-state index in [1.807, 2.05) is 4.90 Å². The molecule has 4 nitrogen and oxygen atoms in total. The van der Waals surface area contributed by atoms with Crippen molar-refractivity contribution in [2.45, 2.75) is 57.0 Å². The van der Waals surface area contributed by atoms with Crippen LogP contribution in [0.4, 0.5) is 0 Å². The minimum Gasteiger partial charge on any atom is -0.480 e. The van der Waals surface area contributed by atoms with Gasteiger partial charge in [-0.1, -0.05) is 19.3 Å². The van der Waals surface area contributed by atoms with Gasteiger partial charge in [0.1, 0.15) is 6.04 Å². The van der Waals surface area contributed by atoms with E-state index in [1.54, 1.807) is 0 Å². The molecule has 0 amide bonds. The lowest BCUT2D eigenvalue weighted by Crippen LogP contribution is -2.49. The molecule has 0 spiro atoms. The van der Waals surface area contributed by atoms with E-state index in [1.165, 1.54) is 19.3 Å². The van der Waals surface area contributed by atoms with Crippen LogP contribution >= 0.6 is 12.2 Å². The molecule has 0 radical (unpaired) electrons. The summed E-state index contributed by atoms with van der Waals surface area (Å²) in [6, 6.07) is 0.0323. The Hall–Kier alpha value is -0.840. The van der Waals surface area contributed by atoms with Crippen LogP contribution in [0.5, 0.6) is 0 Å². The highest BCUT2D eigenvalue weighted by atomic mass is 32.1. The van der Waals surface area contributed by atoms with Gasteiger partial charge in [0.25, 0.3) is 0 Å². The number of carboxylic acid groups (broad SMARTS) is 1.